The SMILES string of the molecule is CC(NCCN(C)C(=O)OC(C)(C)C)c1cc(Cl)sc1Cl. The first-order valence-corrected chi connectivity index (χ1v) is 8.29. The Balaban J connectivity index is 2.39. The Morgan fingerprint density at radius 3 is 2.57 bits per heavy atom. The van der Waals surface area contributed by atoms with Crippen LogP contribution in [0.4, 0.5) is 4.79 Å². The minimum absolute atomic E-state index is 0.0771. The second-order valence-electron chi connectivity index (χ2n) is 5.86. The Hall–Kier alpha value is -0.490. The van der Waals surface area contributed by atoms with Gasteiger partial charge in [-0.3, -0.25) is 0 Å². The summed E-state index contributed by atoms with van der Waals surface area (Å²) in [6, 6.07) is 1.94. The van der Waals surface area contributed by atoms with Crippen molar-refractivity contribution < 1.29 is 9.53 Å². The molecule has 4 nitrogen and oxygen atoms in total. The lowest BCUT2D eigenvalue weighted by Crippen LogP contribution is -2.38. The number of carbonyl (C=O) groups is 1. The fourth-order valence-corrected chi connectivity index (χ4v) is 3.28. The van der Waals surface area contributed by atoms with E-state index in [1.54, 1.807) is 11.9 Å². The van der Waals surface area contributed by atoms with Crippen LogP contribution in [0.5, 0.6) is 0 Å². The number of carbonyl (C=O) groups excluding carboxylic acids is 1. The summed E-state index contributed by atoms with van der Waals surface area (Å²) in [7, 11) is 1.72. The van der Waals surface area contributed by atoms with Crippen molar-refractivity contribution in [1.29, 1.82) is 0 Å². The van der Waals surface area contributed by atoms with Crippen molar-refractivity contribution in [3.63, 3.8) is 0 Å². The van der Waals surface area contributed by atoms with Gasteiger partial charge in [-0.25, -0.2) is 4.79 Å². The summed E-state index contributed by atoms with van der Waals surface area (Å²) in [6.45, 7) is 8.75. The zero-order chi connectivity index (χ0) is 16.2. The Bertz CT molecular complexity index is 486. The van der Waals surface area contributed by atoms with Crippen molar-refractivity contribution in [2.75, 3.05) is 20.1 Å². The van der Waals surface area contributed by atoms with E-state index in [2.05, 4.69) is 5.32 Å². The molecule has 1 unspecified atom stereocenters. The topological polar surface area (TPSA) is 41.6 Å². The highest BCUT2D eigenvalue weighted by Gasteiger charge is 2.19. The van der Waals surface area contributed by atoms with Crippen LogP contribution in [-0.4, -0.2) is 36.7 Å². The van der Waals surface area contributed by atoms with Gasteiger partial charge in [-0.15, -0.1) is 11.3 Å². The molecule has 1 aromatic rings. The number of nitrogens with one attached hydrogen (secondary N) is 1. The zero-order valence-electron chi connectivity index (χ0n) is 13.0. The number of thiophene rings is 1. The van der Waals surface area contributed by atoms with Gasteiger partial charge in [-0.1, -0.05) is 23.2 Å². The van der Waals surface area contributed by atoms with E-state index in [0.29, 0.717) is 21.8 Å². The molecular formula is C14H22Cl2N2O2S. The molecule has 0 aromatic carbocycles. The number of nitrogens with zero attached hydrogens (tertiary/aromatic N) is 1. The molecule has 1 rings (SSSR count). The molecule has 0 saturated heterocycles. The van der Waals surface area contributed by atoms with Gasteiger partial charge in [0.05, 0.1) is 8.67 Å². The van der Waals surface area contributed by atoms with Crippen molar-refractivity contribution in [3.05, 3.63) is 20.3 Å². The normalized spacial score (nSPS) is 13.1. The Morgan fingerprint density at radius 2 is 2.10 bits per heavy atom. The van der Waals surface area contributed by atoms with Gasteiger partial charge in [0.1, 0.15) is 5.60 Å². The van der Waals surface area contributed by atoms with E-state index < -0.39 is 5.60 Å². The van der Waals surface area contributed by atoms with Gasteiger partial charge in [0.2, 0.25) is 0 Å². The van der Waals surface area contributed by atoms with Gasteiger partial charge in [0, 0.05) is 26.2 Å². The van der Waals surface area contributed by atoms with Crippen molar-refractivity contribution >= 4 is 40.6 Å². The third-order valence-corrected chi connectivity index (χ3v) is 4.27. The van der Waals surface area contributed by atoms with Crippen LogP contribution in [0.3, 0.4) is 0 Å². The first kappa shape index (κ1) is 18.6. The van der Waals surface area contributed by atoms with E-state index in [-0.39, 0.29) is 12.1 Å². The maximum absolute atomic E-state index is 11.8. The number of hydrogen-bond donors (Lipinski definition) is 1. The Labute approximate surface area is 140 Å². The lowest BCUT2D eigenvalue weighted by atomic mass is 10.2. The lowest BCUT2D eigenvalue weighted by molar-refractivity contribution is 0.0299. The highest BCUT2D eigenvalue weighted by molar-refractivity contribution is 7.20. The summed E-state index contributed by atoms with van der Waals surface area (Å²) >= 11 is 13.4. The molecule has 1 amide bonds. The number of amides is 1. The van der Waals surface area contributed by atoms with Gasteiger partial charge in [0.25, 0.3) is 0 Å². The molecule has 0 aliphatic carbocycles. The molecule has 1 aromatic heterocycles. The van der Waals surface area contributed by atoms with Gasteiger partial charge < -0.3 is 15.0 Å². The predicted molar refractivity (Wildman–Crippen MR) is 89.6 cm³/mol. The molecule has 1 N–H and O–H groups in total. The molecule has 0 fully saturated rings. The maximum Gasteiger partial charge on any atom is 0.410 e. The van der Waals surface area contributed by atoms with Crippen LogP contribution in [0.25, 0.3) is 0 Å². The highest BCUT2D eigenvalue weighted by atomic mass is 35.5. The van der Waals surface area contributed by atoms with Crippen LogP contribution < -0.4 is 5.32 Å². The molecule has 0 spiro atoms. The third-order valence-electron chi connectivity index (χ3n) is 2.75. The molecule has 1 heterocycles. The van der Waals surface area contributed by atoms with E-state index in [0.717, 1.165) is 5.56 Å². The van der Waals surface area contributed by atoms with Crippen molar-refractivity contribution in [2.24, 2.45) is 0 Å². The van der Waals surface area contributed by atoms with E-state index in [9.17, 15) is 4.79 Å². The van der Waals surface area contributed by atoms with Crippen LogP contribution in [0.2, 0.25) is 8.67 Å². The fourth-order valence-electron chi connectivity index (χ4n) is 1.64. The summed E-state index contributed by atoms with van der Waals surface area (Å²) in [5, 5.41) is 3.32. The average molecular weight is 353 g/mol. The monoisotopic (exact) mass is 352 g/mol. The van der Waals surface area contributed by atoms with Crippen LogP contribution in [0, 0.1) is 0 Å². The predicted octanol–water partition coefficient (Wildman–Crippen LogP) is 4.57. The van der Waals surface area contributed by atoms with Crippen molar-refractivity contribution in [3.8, 4) is 0 Å². The molecule has 0 radical (unpaired) electrons. The molecule has 21 heavy (non-hydrogen) atoms. The summed E-state index contributed by atoms with van der Waals surface area (Å²) < 4.78 is 6.66. The van der Waals surface area contributed by atoms with Gasteiger partial charge >= 0.3 is 6.09 Å². The molecule has 7 heteroatoms. The van der Waals surface area contributed by atoms with E-state index in [1.165, 1.54) is 11.3 Å². The Kier molecular flexibility index (Phi) is 6.78. The van der Waals surface area contributed by atoms with Crippen molar-refractivity contribution in [2.45, 2.75) is 39.3 Å². The first-order chi connectivity index (χ1) is 9.60. The summed E-state index contributed by atoms with van der Waals surface area (Å²) in [6.07, 6.45) is -0.325. The smallest absolute Gasteiger partial charge is 0.410 e. The summed E-state index contributed by atoms with van der Waals surface area (Å²) in [5.41, 5.74) is 0.499. The summed E-state index contributed by atoms with van der Waals surface area (Å²) in [4.78, 5) is 13.3. The second-order valence-corrected chi connectivity index (χ2v) is 8.14. The molecule has 1 atom stereocenters. The summed E-state index contributed by atoms with van der Waals surface area (Å²) in [5.74, 6) is 0. The maximum atomic E-state index is 11.8. The minimum Gasteiger partial charge on any atom is -0.444 e. The fraction of sp³-hybridized carbons (Fsp3) is 0.643. The molecule has 0 bridgehead atoms. The van der Waals surface area contributed by atoms with Gasteiger partial charge in [-0.2, -0.15) is 0 Å². The second kappa shape index (κ2) is 7.68. The van der Waals surface area contributed by atoms with Crippen LogP contribution in [-0.2, 0) is 4.74 Å². The zero-order valence-corrected chi connectivity index (χ0v) is 15.3. The lowest BCUT2D eigenvalue weighted by Gasteiger charge is -2.25. The quantitative estimate of drug-likeness (QED) is 0.843. The molecule has 0 aliphatic rings. The molecule has 120 valence electrons. The average Bonchev–Trinajstić information content (AvgIpc) is 2.66. The number of halogens is 2. The standard InChI is InChI=1S/C14H22Cl2N2O2S/c1-9(10-8-11(15)21-12(10)16)17-6-7-18(5)13(19)20-14(2,3)4/h8-9,17H,6-7H2,1-5H3. The van der Waals surface area contributed by atoms with Crippen LogP contribution in [0.15, 0.2) is 6.07 Å². The number of rotatable bonds is 5. The highest BCUT2D eigenvalue weighted by Crippen LogP contribution is 2.34. The molecule has 0 saturated carbocycles. The van der Waals surface area contributed by atoms with Crippen LogP contribution in [0.1, 0.15) is 39.3 Å². The van der Waals surface area contributed by atoms with Crippen molar-refractivity contribution in [1.82, 2.24) is 10.2 Å². The van der Waals surface area contributed by atoms with E-state index in [4.69, 9.17) is 27.9 Å². The Morgan fingerprint density at radius 1 is 1.48 bits per heavy atom. The van der Waals surface area contributed by atoms with Crippen LogP contribution >= 0.6 is 34.5 Å². The third kappa shape index (κ3) is 6.43. The number of hydrogen-bond acceptors (Lipinski definition) is 4. The van der Waals surface area contributed by atoms with E-state index >= 15 is 0 Å². The first-order valence-electron chi connectivity index (χ1n) is 6.72. The van der Waals surface area contributed by atoms with E-state index in [1.807, 2.05) is 33.8 Å². The van der Waals surface area contributed by atoms with Gasteiger partial charge in [-0.05, 0) is 39.3 Å². The molecular weight excluding hydrogens is 331 g/mol. The van der Waals surface area contributed by atoms with Gasteiger partial charge in [0.15, 0.2) is 0 Å². The molecule has 0 aliphatic heterocycles. The minimum atomic E-state index is -0.479. The largest absolute Gasteiger partial charge is 0.444 e. The number of likely N-dealkylation sites (N-methyl/N-ethyl adjacent to an activating group) is 1. The number of ether oxygens (including phenoxy) is 1.